The van der Waals surface area contributed by atoms with Gasteiger partial charge in [0.1, 0.15) is 19.0 Å². The fourth-order valence-electron chi connectivity index (χ4n) is 2.17. The van der Waals surface area contributed by atoms with E-state index < -0.39 is 0 Å². The van der Waals surface area contributed by atoms with Crippen molar-refractivity contribution in [2.24, 2.45) is 7.05 Å². The second-order valence-corrected chi connectivity index (χ2v) is 5.99. The SMILES string of the molecule is Cc1cc(NC(=O)CSc2ccc3c(c2)OCCO3)n(C)n1. The lowest BCUT2D eigenvalue weighted by molar-refractivity contribution is -0.113. The summed E-state index contributed by atoms with van der Waals surface area (Å²) in [4.78, 5) is 13.0. The van der Waals surface area contributed by atoms with Gasteiger partial charge in [-0.05, 0) is 25.1 Å². The first kappa shape index (κ1) is 14.8. The van der Waals surface area contributed by atoms with Gasteiger partial charge in [-0.2, -0.15) is 5.10 Å². The van der Waals surface area contributed by atoms with E-state index in [1.807, 2.05) is 31.2 Å². The maximum Gasteiger partial charge on any atom is 0.235 e. The summed E-state index contributed by atoms with van der Waals surface area (Å²) in [5.74, 6) is 2.45. The van der Waals surface area contributed by atoms with E-state index in [9.17, 15) is 4.79 Å². The van der Waals surface area contributed by atoms with Crippen LogP contribution >= 0.6 is 11.8 Å². The number of aryl methyl sites for hydroxylation is 2. The first-order chi connectivity index (χ1) is 10.6. The van der Waals surface area contributed by atoms with Crippen molar-refractivity contribution in [3.05, 3.63) is 30.0 Å². The van der Waals surface area contributed by atoms with E-state index in [-0.39, 0.29) is 5.91 Å². The van der Waals surface area contributed by atoms with Gasteiger partial charge in [-0.3, -0.25) is 9.48 Å². The van der Waals surface area contributed by atoms with Crippen LogP contribution in [-0.2, 0) is 11.8 Å². The van der Waals surface area contributed by atoms with Gasteiger partial charge in [0.15, 0.2) is 11.5 Å². The molecule has 1 aliphatic rings. The van der Waals surface area contributed by atoms with Crippen molar-refractivity contribution in [1.82, 2.24) is 9.78 Å². The summed E-state index contributed by atoms with van der Waals surface area (Å²) in [6.45, 7) is 3.02. The van der Waals surface area contributed by atoms with Crippen molar-refractivity contribution in [3.8, 4) is 11.5 Å². The normalized spacial score (nSPS) is 13.0. The number of ether oxygens (including phenoxy) is 2. The average Bonchev–Trinajstić information content (AvgIpc) is 2.82. The summed E-state index contributed by atoms with van der Waals surface area (Å²) >= 11 is 1.46. The first-order valence-corrected chi connectivity index (χ1v) is 7.93. The Balaban J connectivity index is 1.58. The molecule has 2 aromatic rings. The van der Waals surface area contributed by atoms with Crippen LogP contribution in [0.1, 0.15) is 5.69 Å². The summed E-state index contributed by atoms with van der Waals surface area (Å²) in [5, 5.41) is 7.04. The lowest BCUT2D eigenvalue weighted by Gasteiger charge is -2.18. The lowest BCUT2D eigenvalue weighted by Crippen LogP contribution is -2.16. The number of anilines is 1. The Kier molecular flexibility index (Phi) is 4.24. The van der Waals surface area contributed by atoms with E-state index in [2.05, 4.69) is 10.4 Å². The van der Waals surface area contributed by atoms with Crippen molar-refractivity contribution in [3.63, 3.8) is 0 Å². The Morgan fingerprint density at radius 1 is 1.32 bits per heavy atom. The summed E-state index contributed by atoms with van der Waals surface area (Å²) in [7, 11) is 1.80. The van der Waals surface area contributed by atoms with Crippen molar-refractivity contribution in [2.75, 3.05) is 24.3 Å². The standard InChI is InChI=1S/C15H17N3O3S/c1-10-7-14(18(2)17-10)16-15(19)9-22-11-3-4-12-13(8-11)21-6-5-20-12/h3-4,7-8H,5-6,9H2,1-2H3,(H,16,19). The molecule has 0 radical (unpaired) electrons. The molecule has 1 N–H and O–H groups in total. The number of benzene rings is 1. The smallest absolute Gasteiger partial charge is 0.235 e. The van der Waals surface area contributed by atoms with Crippen molar-refractivity contribution in [2.45, 2.75) is 11.8 Å². The topological polar surface area (TPSA) is 65.4 Å². The Bertz CT molecular complexity index is 699. The van der Waals surface area contributed by atoms with Gasteiger partial charge < -0.3 is 14.8 Å². The van der Waals surface area contributed by atoms with E-state index in [4.69, 9.17) is 9.47 Å². The molecule has 0 spiro atoms. The number of carbonyl (C=O) groups excluding carboxylic acids is 1. The van der Waals surface area contributed by atoms with E-state index in [0.717, 1.165) is 22.1 Å². The molecule has 116 valence electrons. The highest BCUT2D eigenvalue weighted by Gasteiger charge is 2.13. The van der Waals surface area contributed by atoms with E-state index in [1.54, 1.807) is 11.7 Å². The zero-order chi connectivity index (χ0) is 15.5. The van der Waals surface area contributed by atoms with Gasteiger partial charge in [0, 0.05) is 18.0 Å². The van der Waals surface area contributed by atoms with Crippen LogP contribution in [0, 0.1) is 6.92 Å². The summed E-state index contributed by atoms with van der Waals surface area (Å²) in [6.07, 6.45) is 0. The number of nitrogens with zero attached hydrogens (tertiary/aromatic N) is 2. The third-order valence-corrected chi connectivity index (χ3v) is 4.15. The zero-order valence-corrected chi connectivity index (χ0v) is 13.3. The molecule has 0 fully saturated rings. The number of fused-ring (bicyclic) bond motifs is 1. The third kappa shape index (κ3) is 3.36. The van der Waals surface area contributed by atoms with Gasteiger partial charge in [0.2, 0.25) is 5.91 Å². The predicted molar refractivity (Wildman–Crippen MR) is 84.7 cm³/mol. The highest BCUT2D eigenvalue weighted by molar-refractivity contribution is 8.00. The third-order valence-electron chi connectivity index (χ3n) is 3.15. The van der Waals surface area contributed by atoms with Gasteiger partial charge in [-0.1, -0.05) is 0 Å². The van der Waals surface area contributed by atoms with Gasteiger partial charge in [-0.25, -0.2) is 0 Å². The van der Waals surface area contributed by atoms with E-state index in [1.165, 1.54) is 11.8 Å². The summed E-state index contributed by atoms with van der Waals surface area (Å²) < 4.78 is 12.7. The van der Waals surface area contributed by atoms with Crippen LogP contribution in [0.4, 0.5) is 5.82 Å². The molecule has 0 aliphatic carbocycles. The summed E-state index contributed by atoms with van der Waals surface area (Å²) in [6, 6.07) is 7.55. The number of amides is 1. The molecule has 1 aliphatic heterocycles. The molecule has 0 atom stereocenters. The second-order valence-electron chi connectivity index (χ2n) is 4.94. The van der Waals surface area contributed by atoms with Crippen LogP contribution in [0.3, 0.4) is 0 Å². The Labute approximate surface area is 132 Å². The lowest BCUT2D eigenvalue weighted by atomic mass is 10.3. The number of nitrogens with one attached hydrogen (secondary N) is 1. The van der Waals surface area contributed by atoms with Crippen LogP contribution in [0.15, 0.2) is 29.2 Å². The number of thioether (sulfide) groups is 1. The molecular weight excluding hydrogens is 302 g/mol. The molecule has 0 unspecified atom stereocenters. The van der Waals surface area contributed by atoms with Gasteiger partial charge in [0.25, 0.3) is 0 Å². The molecule has 0 bridgehead atoms. The molecule has 7 heteroatoms. The average molecular weight is 319 g/mol. The molecule has 0 saturated heterocycles. The number of hydrogen-bond donors (Lipinski definition) is 1. The first-order valence-electron chi connectivity index (χ1n) is 6.95. The maximum atomic E-state index is 12.0. The van der Waals surface area contributed by atoms with Crippen molar-refractivity contribution < 1.29 is 14.3 Å². The minimum atomic E-state index is -0.0668. The fourth-order valence-corrected chi connectivity index (χ4v) is 2.89. The van der Waals surface area contributed by atoms with Gasteiger partial charge >= 0.3 is 0 Å². The predicted octanol–water partition coefficient (Wildman–Crippen LogP) is 2.23. The molecule has 1 amide bonds. The zero-order valence-electron chi connectivity index (χ0n) is 12.5. The number of hydrogen-bond acceptors (Lipinski definition) is 5. The van der Waals surface area contributed by atoms with Crippen molar-refractivity contribution in [1.29, 1.82) is 0 Å². The van der Waals surface area contributed by atoms with Gasteiger partial charge in [0.05, 0.1) is 11.4 Å². The Morgan fingerprint density at radius 3 is 2.82 bits per heavy atom. The van der Waals surface area contributed by atoms with E-state index >= 15 is 0 Å². The Morgan fingerprint density at radius 2 is 2.09 bits per heavy atom. The number of carbonyl (C=O) groups is 1. The minimum Gasteiger partial charge on any atom is -0.486 e. The molecule has 6 nitrogen and oxygen atoms in total. The monoisotopic (exact) mass is 319 g/mol. The largest absolute Gasteiger partial charge is 0.486 e. The highest BCUT2D eigenvalue weighted by Crippen LogP contribution is 2.34. The fraction of sp³-hybridized carbons (Fsp3) is 0.333. The van der Waals surface area contributed by atoms with Crippen LogP contribution in [0.25, 0.3) is 0 Å². The number of rotatable bonds is 4. The van der Waals surface area contributed by atoms with E-state index in [0.29, 0.717) is 24.8 Å². The molecule has 0 saturated carbocycles. The molecule has 1 aromatic carbocycles. The van der Waals surface area contributed by atoms with Crippen molar-refractivity contribution >= 4 is 23.5 Å². The molecule has 22 heavy (non-hydrogen) atoms. The Hall–Kier alpha value is -2.15. The molecule has 1 aromatic heterocycles. The van der Waals surface area contributed by atoms with Crippen LogP contribution in [0.5, 0.6) is 11.5 Å². The molecule has 3 rings (SSSR count). The molecule has 2 heterocycles. The van der Waals surface area contributed by atoms with Gasteiger partial charge in [-0.15, -0.1) is 11.8 Å². The molecular formula is C15H17N3O3S. The van der Waals surface area contributed by atoms with Crippen LogP contribution in [-0.4, -0.2) is 34.7 Å². The highest BCUT2D eigenvalue weighted by atomic mass is 32.2. The maximum absolute atomic E-state index is 12.0. The van der Waals surface area contributed by atoms with Crippen LogP contribution < -0.4 is 14.8 Å². The number of aromatic nitrogens is 2. The minimum absolute atomic E-state index is 0.0668. The summed E-state index contributed by atoms with van der Waals surface area (Å²) in [5.41, 5.74) is 0.872. The second kappa shape index (κ2) is 6.31. The quantitative estimate of drug-likeness (QED) is 0.876. The van der Waals surface area contributed by atoms with Crippen LogP contribution in [0.2, 0.25) is 0 Å².